The van der Waals surface area contributed by atoms with E-state index in [9.17, 15) is 9.59 Å². The summed E-state index contributed by atoms with van der Waals surface area (Å²) in [4.78, 5) is 23.2. The number of carbonyl (C=O) groups excluding carboxylic acids is 2. The van der Waals surface area contributed by atoms with Gasteiger partial charge in [-0.1, -0.05) is 13.8 Å². The zero-order chi connectivity index (χ0) is 20.5. The minimum absolute atomic E-state index is 0.316. The summed E-state index contributed by atoms with van der Waals surface area (Å²) < 4.78 is 15.8. The first-order valence-corrected chi connectivity index (χ1v) is 8.81. The number of nitrogens with zero attached hydrogens (tertiary/aromatic N) is 1. The first-order valence-electron chi connectivity index (χ1n) is 8.81. The predicted octanol–water partition coefficient (Wildman–Crippen LogP) is 3.42. The van der Waals surface area contributed by atoms with Gasteiger partial charge in [-0.3, -0.25) is 9.59 Å². The van der Waals surface area contributed by atoms with Gasteiger partial charge in [0.05, 0.1) is 19.9 Å². The highest BCUT2D eigenvalue weighted by Crippen LogP contribution is 2.27. The number of ether oxygens (including phenoxy) is 3. The number of hydrazone groups is 1. The van der Waals surface area contributed by atoms with Crippen LogP contribution < -0.4 is 19.6 Å². The van der Waals surface area contributed by atoms with Crippen molar-refractivity contribution in [1.29, 1.82) is 0 Å². The van der Waals surface area contributed by atoms with Gasteiger partial charge in [-0.2, -0.15) is 5.10 Å². The first kappa shape index (κ1) is 21.0. The summed E-state index contributed by atoms with van der Waals surface area (Å²) in [5.41, 5.74) is 3.61. The van der Waals surface area contributed by atoms with Crippen LogP contribution in [0.5, 0.6) is 17.2 Å². The second-order valence-corrected chi connectivity index (χ2v) is 6.43. The summed E-state index contributed by atoms with van der Waals surface area (Å²) in [6.07, 6.45) is 1.47. The molecule has 0 aliphatic heterocycles. The molecule has 1 N–H and O–H groups in total. The van der Waals surface area contributed by atoms with Gasteiger partial charge in [0, 0.05) is 12.5 Å². The van der Waals surface area contributed by atoms with Crippen LogP contribution in [0, 0.1) is 5.92 Å². The Kier molecular flexibility index (Phi) is 7.56. The van der Waals surface area contributed by atoms with Gasteiger partial charge in [-0.25, -0.2) is 5.43 Å². The van der Waals surface area contributed by atoms with Crippen molar-refractivity contribution in [2.45, 2.75) is 20.8 Å². The van der Waals surface area contributed by atoms with Crippen molar-refractivity contribution in [2.75, 3.05) is 13.7 Å². The molecule has 2 aromatic carbocycles. The van der Waals surface area contributed by atoms with E-state index < -0.39 is 5.97 Å². The van der Waals surface area contributed by atoms with Crippen LogP contribution in [0.15, 0.2) is 47.6 Å². The van der Waals surface area contributed by atoms with E-state index >= 15 is 0 Å². The average molecular weight is 384 g/mol. The Balaban J connectivity index is 1.96. The molecule has 0 aliphatic carbocycles. The second kappa shape index (κ2) is 10.1. The number of methoxy groups -OCH3 is 1. The SMILES string of the molecule is COc1cc(C=NNC(=O)c2ccc(OCC(C)C)cc2)ccc1OC(C)=O. The Hall–Kier alpha value is -3.35. The Morgan fingerprint density at radius 3 is 2.43 bits per heavy atom. The van der Waals surface area contributed by atoms with Crippen molar-refractivity contribution < 1.29 is 23.8 Å². The molecule has 148 valence electrons. The quantitative estimate of drug-likeness (QED) is 0.326. The Morgan fingerprint density at radius 1 is 1.11 bits per heavy atom. The van der Waals surface area contributed by atoms with Crippen LogP contribution >= 0.6 is 0 Å². The number of rotatable bonds is 8. The number of amides is 1. The fourth-order valence-electron chi connectivity index (χ4n) is 2.20. The van der Waals surface area contributed by atoms with E-state index in [4.69, 9.17) is 14.2 Å². The molecule has 7 heteroatoms. The van der Waals surface area contributed by atoms with Crippen molar-refractivity contribution in [3.8, 4) is 17.2 Å². The first-order chi connectivity index (χ1) is 13.4. The largest absolute Gasteiger partial charge is 0.493 e. The normalized spacial score (nSPS) is 10.8. The van der Waals surface area contributed by atoms with Crippen LogP contribution in [-0.4, -0.2) is 31.8 Å². The average Bonchev–Trinajstić information content (AvgIpc) is 2.67. The molecule has 7 nitrogen and oxygen atoms in total. The van der Waals surface area contributed by atoms with E-state index in [-0.39, 0.29) is 5.91 Å². The molecule has 1 amide bonds. The second-order valence-electron chi connectivity index (χ2n) is 6.43. The van der Waals surface area contributed by atoms with Crippen molar-refractivity contribution in [3.63, 3.8) is 0 Å². The Bertz CT molecular complexity index is 844. The van der Waals surface area contributed by atoms with E-state index in [2.05, 4.69) is 24.4 Å². The lowest BCUT2D eigenvalue weighted by molar-refractivity contribution is -0.132. The molecular formula is C21H24N2O5. The van der Waals surface area contributed by atoms with Gasteiger partial charge in [-0.05, 0) is 53.9 Å². The van der Waals surface area contributed by atoms with Gasteiger partial charge in [-0.15, -0.1) is 0 Å². The molecular weight excluding hydrogens is 360 g/mol. The lowest BCUT2D eigenvalue weighted by atomic mass is 10.2. The highest BCUT2D eigenvalue weighted by atomic mass is 16.6. The van der Waals surface area contributed by atoms with Gasteiger partial charge in [0.1, 0.15) is 5.75 Å². The maximum absolute atomic E-state index is 12.2. The molecule has 0 fully saturated rings. The highest BCUT2D eigenvalue weighted by Gasteiger charge is 2.08. The molecule has 28 heavy (non-hydrogen) atoms. The number of carbonyl (C=O) groups is 2. The molecule has 0 atom stereocenters. The van der Waals surface area contributed by atoms with Crippen LogP contribution in [0.2, 0.25) is 0 Å². The standard InChI is InChI=1S/C21H24N2O5/c1-14(2)13-27-18-8-6-17(7-9-18)21(25)23-22-12-16-5-10-19(28-15(3)24)20(11-16)26-4/h5-12,14H,13H2,1-4H3,(H,23,25). The summed E-state index contributed by atoms with van der Waals surface area (Å²) in [5, 5.41) is 3.95. The van der Waals surface area contributed by atoms with Gasteiger partial charge in [0.25, 0.3) is 5.91 Å². The van der Waals surface area contributed by atoms with Crippen LogP contribution in [0.25, 0.3) is 0 Å². The van der Waals surface area contributed by atoms with Gasteiger partial charge < -0.3 is 14.2 Å². The number of hydrogen-bond donors (Lipinski definition) is 1. The molecule has 0 radical (unpaired) electrons. The zero-order valence-corrected chi connectivity index (χ0v) is 16.4. The summed E-state index contributed by atoms with van der Waals surface area (Å²) >= 11 is 0. The summed E-state index contributed by atoms with van der Waals surface area (Å²) in [5.74, 6) is 1.08. The van der Waals surface area contributed by atoms with Crippen LogP contribution in [-0.2, 0) is 4.79 Å². The smallest absolute Gasteiger partial charge is 0.308 e. The molecule has 0 bridgehead atoms. The molecule has 0 aromatic heterocycles. The molecule has 2 aromatic rings. The zero-order valence-electron chi connectivity index (χ0n) is 16.4. The minimum Gasteiger partial charge on any atom is -0.493 e. The summed E-state index contributed by atoms with van der Waals surface area (Å²) in [6, 6.07) is 11.8. The van der Waals surface area contributed by atoms with Gasteiger partial charge >= 0.3 is 5.97 Å². The molecule has 0 saturated heterocycles. The summed E-state index contributed by atoms with van der Waals surface area (Å²) in [6.45, 7) is 6.07. The van der Waals surface area contributed by atoms with E-state index in [0.717, 1.165) is 0 Å². The van der Waals surface area contributed by atoms with Crippen LogP contribution in [0.3, 0.4) is 0 Å². The van der Waals surface area contributed by atoms with Gasteiger partial charge in [0.15, 0.2) is 11.5 Å². The number of esters is 1. The monoisotopic (exact) mass is 384 g/mol. The van der Waals surface area contributed by atoms with E-state index in [1.807, 2.05) is 0 Å². The third kappa shape index (κ3) is 6.42. The lowest BCUT2D eigenvalue weighted by Crippen LogP contribution is -2.17. The lowest BCUT2D eigenvalue weighted by Gasteiger charge is -2.09. The van der Waals surface area contributed by atoms with Crippen molar-refractivity contribution in [3.05, 3.63) is 53.6 Å². The minimum atomic E-state index is -0.437. The van der Waals surface area contributed by atoms with Crippen molar-refractivity contribution in [2.24, 2.45) is 11.0 Å². The van der Waals surface area contributed by atoms with Crippen LogP contribution in [0.1, 0.15) is 36.7 Å². The maximum Gasteiger partial charge on any atom is 0.308 e. The van der Waals surface area contributed by atoms with Crippen molar-refractivity contribution >= 4 is 18.1 Å². The van der Waals surface area contributed by atoms with Crippen LogP contribution in [0.4, 0.5) is 0 Å². The van der Waals surface area contributed by atoms with E-state index in [1.165, 1.54) is 20.2 Å². The molecule has 0 unspecified atom stereocenters. The fraction of sp³-hybridized carbons (Fsp3) is 0.286. The molecule has 0 aliphatic rings. The molecule has 0 spiro atoms. The highest BCUT2D eigenvalue weighted by molar-refractivity contribution is 5.95. The number of nitrogens with one attached hydrogen (secondary N) is 1. The predicted molar refractivity (Wildman–Crippen MR) is 106 cm³/mol. The Morgan fingerprint density at radius 2 is 1.82 bits per heavy atom. The van der Waals surface area contributed by atoms with E-state index in [0.29, 0.717) is 40.9 Å². The number of hydrogen-bond acceptors (Lipinski definition) is 6. The molecule has 0 saturated carbocycles. The summed E-state index contributed by atoms with van der Waals surface area (Å²) in [7, 11) is 1.47. The third-order valence-corrected chi connectivity index (χ3v) is 3.52. The third-order valence-electron chi connectivity index (χ3n) is 3.52. The molecule has 2 rings (SSSR count). The number of benzene rings is 2. The van der Waals surface area contributed by atoms with E-state index in [1.54, 1.807) is 42.5 Å². The van der Waals surface area contributed by atoms with Gasteiger partial charge in [0.2, 0.25) is 0 Å². The van der Waals surface area contributed by atoms with Crippen molar-refractivity contribution in [1.82, 2.24) is 5.43 Å². The Labute approximate surface area is 164 Å². The maximum atomic E-state index is 12.2. The molecule has 0 heterocycles. The topological polar surface area (TPSA) is 86.2 Å². The fourth-order valence-corrected chi connectivity index (χ4v) is 2.20.